The van der Waals surface area contributed by atoms with Crippen molar-refractivity contribution in [2.75, 3.05) is 19.7 Å². The maximum Gasteiger partial charge on any atom is 0.393 e. The van der Waals surface area contributed by atoms with E-state index in [2.05, 4.69) is 0 Å². The Labute approximate surface area is 121 Å². The Balaban J connectivity index is 2.08. The lowest BCUT2D eigenvalue weighted by Gasteiger charge is -2.19. The Morgan fingerprint density at radius 2 is 1.95 bits per heavy atom. The van der Waals surface area contributed by atoms with Crippen LogP contribution in [0, 0.1) is 11.8 Å². The number of halogens is 3. The lowest BCUT2D eigenvalue weighted by Crippen LogP contribution is -2.34. The number of nitrogens with zero attached hydrogens (tertiary/aromatic N) is 1. The van der Waals surface area contributed by atoms with Crippen molar-refractivity contribution in [3.05, 3.63) is 35.9 Å². The summed E-state index contributed by atoms with van der Waals surface area (Å²) in [6, 6.07) is 9.26. The van der Waals surface area contributed by atoms with E-state index in [0.29, 0.717) is 6.54 Å². The summed E-state index contributed by atoms with van der Waals surface area (Å²) >= 11 is 0. The lowest BCUT2D eigenvalue weighted by atomic mass is 9.96. The first kappa shape index (κ1) is 15.8. The van der Waals surface area contributed by atoms with Crippen LogP contribution in [0.15, 0.2) is 30.3 Å². The summed E-state index contributed by atoms with van der Waals surface area (Å²) in [5, 5.41) is 0. The minimum atomic E-state index is -4.39. The van der Waals surface area contributed by atoms with E-state index in [1.807, 2.05) is 30.3 Å². The highest BCUT2D eigenvalue weighted by molar-refractivity contribution is 5.73. The molecule has 0 aliphatic carbocycles. The summed E-state index contributed by atoms with van der Waals surface area (Å²) < 4.78 is 44.1. The zero-order chi connectivity index (χ0) is 15.5. The number of benzene rings is 1. The van der Waals surface area contributed by atoms with Crippen molar-refractivity contribution in [2.45, 2.75) is 19.6 Å². The topological polar surface area (TPSA) is 29.5 Å². The molecule has 1 fully saturated rings. The molecular weight excluding hydrogens is 283 g/mol. The van der Waals surface area contributed by atoms with Gasteiger partial charge in [0.2, 0.25) is 0 Å². The highest BCUT2D eigenvalue weighted by Gasteiger charge is 2.52. The summed E-state index contributed by atoms with van der Waals surface area (Å²) in [6.45, 7) is 2.01. The maximum atomic E-state index is 13.1. The number of likely N-dealkylation sites (tertiary alicyclic amines) is 1. The second-order valence-corrected chi connectivity index (χ2v) is 5.19. The average molecular weight is 301 g/mol. The van der Waals surface area contributed by atoms with Crippen LogP contribution >= 0.6 is 0 Å². The molecule has 6 heteroatoms. The fraction of sp³-hybridized carbons (Fsp3) is 0.533. The minimum Gasteiger partial charge on any atom is -0.466 e. The van der Waals surface area contributed by atoms with Crippen molar-refractivity contribution in [3.8, 4) is 0 Å². The molecule has 0 N–H and O–H groups in total. The molecule has 0 bridgehead atoms. The third-order valence-corrected chi connectivity index (χ3v) is 3.65. The molecule has 3 nitrogen and oxygen atoms in total. The van der Waals surface area contributed by atoms with E-state index in [0.717, 1.165) is 5.56 Å². The number of hydrogen-bond acceptors (Lipinski definition) is 3. The van der Waals surface area contributed by atoms with Crippen molar-refractivity contribution >= 4 is 5.97 Å². The quantitative estimate of drug-likeness (QED) is 0.801. The molecule has 1 saturated heterocycles. The molecule has 1 aromatic rings. The molecule has 0 saturated carbocycles. The van der Waals surface area contributed by atoms with Crippen LogP contribution in [-0.4, -0.2) is 36.7 Å². The number of carbonyl (C=O) groups is 1. The van der Waals surface area contributed by atoms with Crippen LogP contribution in [0.4, 0.5) is 13.2 Å². The summed E-state index contributed by atoms with van der Waals surface area (Å²) in [7, 11) is 0. The molecule has 1 heterocycles. The lowest BCUT2D eigenvalue weighted by molar-refractivity contribution is -0.190. The van der Waals surface area contributed by atoms with E-state index in [1.54, 1.807) is 11.8 Å². The standard InChI is InChI=1S/C15H18F3NO2/c1-2-21-14(20)12-9-19(10-13(12)15(16,17)18)8-11-6-4-3-5-7-11/h3-7,12-13H,2,8-10H2,1H3/t12-,13+/m1/s1. The third kappa shape index (κ3) is 3.97. The zero-order valence-electron chi connectivity index (χ0n) is 11.8. The molecular formula is C15H18F3NO2. The number of alkyl halides is 3. The highest BCUT2D eigenvalue weighted by Crippen LogP contribution is 2.38. The minimum absolute atomic E-state index is 0.0813. The van der Waals surface area contributed by atoms with Gasteiger partial charge in [0.1, 0.15) is 0 Å². The molecule has 116 valence electrons. The highest BCUT2D eigenvalue weighted by atomic mass is 19.4. The molecule has 0 radical (unpaired) electrons. The van der Waals surface area contributed by atoms with Gasteiger partial charge >= 0.3 is 12.1 Å². The van der Waals surface area contributed by atoms with Crippen LogP contribution in [0.2, 0.25) is 0 Å². The Bertz CT molecular complexity index is 476. The maximum absolute atomic E-state index is 13.1. The van der Waals surface area contributed by atoms with Crippen molar-refractivity contribution in [3.63, 3.8) is 0 Å². The predicted molar refractivity (Wildman–Crippen MR) is 71.4 cm³/mol. The van der Waals surface area contributed by atoms with Crippen LogP contribution in [-0.2, 0) is 16.1 Å². The van der Waals surface area contributed by atoms with Gasteiger partial charge in [0.15, 0.2) is 0 Å². The Morgan fingerprint density at radius 3 is 2.52 bits per heavy atom. The van der Waals surface area contributed by atoms with Gasteiger partial charge in [-0.2, -0.15) is 13.2 Å². The summed E-state index contributed by atoms with van der Waals surface area (Å²) in [6.07, 6.45) is -4.39. The van der Waals surface area contributed by atoms with Gasteiger partial charge in [0.05, 0.1) is 18.4 Å². The van der Waals surface area contributed by atoms with Crippen molar-refractivity contribution < 1.29 is 22.7 Å². The molecule has 2 atom stereocenters. The molecule has 21 heavy (non-hydrogen) atoms. The Hall–Kier alpha value is -1.56. The normalized spacial score (nSPS) is 23.2. The number of ether oxygens (including phenoxy) is 1. The van der Waals surface area contributed by atoms with Gasteiger partial charge in [-0.15, -0.1) is 0 Å². The first-order valence-electron chi connectivity index (χ1n) is 6.91. The molecule has 1 aliphatic heterocycles. The fourth-order valence-electron chi connectivity index (χ4n) is 2.68. The fourth-order valence-corrected chi connectivity index (χ4v) is 2.68. The molecule has 1 aromatic carbocycles. The van der Waals surface area contributed by atoms with E-state index < -0.39 is 24.0 Å². The van der Waals surface area contributed by atoms with E-state index in [1.165, 1.54) is 0 Å². The number of esters is 1. The van der Waals surface area contributed by atoms with Crippen LogP contribution in [0.5, 0.6) is 0 Å². The molecule has 1 aliphatic rings. The van der Waals surface area contributed by atoms with Gasteiger partial charge in [-0.25, -0.2) is 0 Å². The van der Waals surface area contributed by atoms with E-state index in [4.69, 9.17) is 4.74 Å². The van der Waals surface area contributed by atoms with Crippen LogP contribution < -0.4 is 0 Å². The average Bonchev–Trinajstić information content (AvgIpc) is 2.84. The molecule has 0 amide bonds. The van der Waals surface area contributed by atoms with E-state index in [-0.39, 0.29) is 19.7 Å². The monoisotopic (exact) mass is 301 g/mol. The summed E-state index contributed by atoms with van der Waals surface area (Å²) in [5.74, 6) is -3.54. The van der Waals surface area contributed by atoms with Gasteiger partial charge in [-0.05, 0) is 12.5 Å². The van der Waals surface area contributed by atoms with Gasteiger partial charge in [0, 0.05) is 19.6 Å². The molecule has 0 unspecified atom stereocenters. The van der Waals surface area contributed by atoms with Crippen LogP contribution in [0.1, 0.15) is 12.5 Å². The summed E-state index contributed by atoms with van der Waals surface area (Å²) in [4.78, 5) is 13.4. The second-order valence-electron chi connectivity index (χ2n) is 5.19. The van der Waals surface area contributed by atoms with E-state index >= 15 is 0 Å². The zero-order valence-corrected chi connectivity index (χ0v) is 11.8. The van der Waals surface area contributed by atoms with Crippen LogP contribution in [0.3, 0.4) is 0 Å². The first-order chi connectivity index (χ1) is 9.91. The first-order valence-corrected chi connectivity index (χ1v) is 6.91. The van der Waals surface area contributed by atoms with Crippen LogP contribution in [0.25, 0.3) is 0 Å². The predicted octanol–water partition coefficient (Wildman–Crippen LogP) is 2.86. The molecule has 0 spiro atoms. The largest absolute Gasteiger partial charge is 0.466 e. The van der Waals surface area contributed by atoms with E-state index in [9.17, 15) is 18.0 Å². The van der Waals surface area contributed by atoms with Gasteiger partial charge < -0.3 is 4.74 Å². The van der Waals surface area contributed by atoms with Crippen molar-refractivity contribution in [1.82, 2.24) is 4.90 Å². The smallest absolute Gasteiger partial charge is 0.393 e. The number of carbonyl (C=O) groups excluding carboxylic acids is 1. The molecule has 2 rings (SSSR count). The van der Waals surface area contributed by atoms with Gasteiger partial charge in [-0.3, -0.25) is 9.69 Å². The van der Waals surface area contributed by atoms with Crippen molar-refractivity contribution in [1.29, 1.82) is 0 Å². The SMILES string of the molecule is CCOC(=O)[C@@H]1CN(Cc2ccccc2)C[C@@H]1C(F)(F)F. The van der Waals surface area contributed by atoms with Gasteiger partial charge in [0.25, 0.3) is 0 Å². The second kappa shape index (κ2) is 6.47. The molecule has 0 aromatic heterocycles. The van der Waals surface area contributed by atoms with Gasteiger partial charge in [-0.1, -0.05) is 30.3 Å². The number of rotatable bonds is 4. The summed E-state index contributed by atoms with van der Waals surface area (Å²) in [5.41, 5.74) is 0.933. The number of hydrogen-bond donors (Lipinski definition) is 0. The Morgan fingerprint density at radius 1 is 1.29 bits per heavy atom. The van der Waals surface area contributed by atoms with Crippen molar-refractivity contribution in [2.24, 2.45) is 11.8 Å². The third-order valence-electron chi connectivity index (χ3n) is 3.65. The Kier molecular flexibility index (Phi) is 4.88.